The lowest BCUT2D eigenvalue weighted by Gasteiger charge is -2.11. The highest BCUT2D eigenvalue weighted by Crippen LogP contribution is 2.25. The van der Waals surface area contributed by atoms with Crippen molar-refractivity contribution >= 4 is 5.69 Å². The molecule has 0 spiro atoms. The highest BCUT2D eigenvalue weighted by Gasteiger charge is 2.06. The van der Waals surface area contributed by atoms with Gasteiger partial charge < -0.3 is 10.1 Å². The van der Waals surface area contributed by atoms with Crippen LogP contribution in [-0.4, -0.2) is 20.1 Å². The van der Waals surface area contributed by atoms with Gasteiger partial charge in [-0.1, -0.05) is 6.07 Å². The molecule has 0 aliphatic carbocycles. The van der Waals surface area contributed by atoms with Gasteiger partial charge in [0.2, 0.25) is 0 Å². The zero-order valence-electron chi connectivity index (χ0n) is 8.18. The third-order valence-corrected chi connectivity index (χ3v) is 1.80. The normalized spacial score (nSPS) is 10.4. The summed E-state index contributed by atoms with van der Waals surface area (Å²) in [6, 6.07) is 5.40. The standard InChI is InChI=1S/C10H13F2NO/c1-7-3-4-9(14-2)8(5-7)13-6-10(11)12/h3-5,10,13H,6H2,1-2H3. The minimum atomic E-state index is -2.36. The first kappa shape index (κ1) is 10.8. The van der Waals surface area contributed by atoms with E-state index in [9.17, 15) is 8.78 Å². The fraction of sp³-hybridized carbons (Fsp3) is 0.400. The molecule has 0 fully saturated rings. The first-order chi connectivity index (χ1) is 6.63. The van der Waals surface area contributed by atoms with Gasteiger partial charge in [-0.15, -0.1) is 0 Å². The molecule has 1 N–H and O–H groups in total. The van der Waals surface area contributed by atoms with Crippen LogP contribution >= 0.6 is 0 Å². The van der Waals surface area contributed by atoms with E-state index in [2.05, 4.69) is 5.32 Å². The molecule has 0 heterocycles. The van der Waals surface area contributed by atoms with Crippen LogP contribution in [0.3, 0.4) is 0 Å². The topological polar surface area (TPSA) is 21.3 Å². The smallest absolute Gasteiger partial charge is 0.255 e. The predicted octanol–water partition coefficient (Wildman–Crippen LogP) is 2.68. The monoisotopic (exact) mass is 201 g/mol. The number of hydrogen-bond donors (Lipinski definition) is 1. The maximum atomic E-state index is 12.0. The van der Waals surface area contributed by atoms with E-state index >= 15 is 0 Å². The lowest BCUT2D eigenvalue weighted by atomic mass is 10.2. The maximum absolute atomic E-state index is 12.0. The van der Waals surface area contributed by atoms with Crippen LogP contribution in [0.25, 0.3) is 0 Å². The van der Waals surface area contributed by atoms with Crippen molar-refractivity contribution in [2.24, 2.45) is 0 Å². The number of methoxy groups -OCH3 is 1. The van der Waals surface area contributed by atoms with Crippen LogP contribution in [0.15, 0.2) is 18.2 Å². The zero-order chi connectivity index (χ0) is 10.6. The van der Waals surface area contributed by atoms with Gasteiger partial charge in [-0.25, -0.2) is 8.78 Å². The van der Waals surface area contributed by atoms with Crippen molar-refractivity contribution in [3.05, 3.63) is 23.8 Å². The highest BCUT2D eigenvalue weighted by molar-refractivity contribution is 5.57. The van der Waals surface area contributed by atoms with Crippen molar-refractivity contribution in [1.82, 2.24) is 0 Å². The maximum Gasteiger partial charge on any atom is 0.255 e. The van der Waals surface area contributed by atoms with E-state index in [1.807, 2.05) is 13.0 Å². The molecule has 0 radical (unpaired) electrons. The first-order valence-electron chi connectivity index (χ1n) is 4.30. The van der Waals surface area contributed by atoms with E-state index < -0.39 is 6.43 Å². The molecule has 0 unspecified atom stereocenters. The summed E-state index contributed by atoms with van der Waals surface area (Å²) in [5.74, 6) is 0.580. The highest BCUT2D eigenvalue weighted by atomic mass is 19.3. The Morgan fingerprint density at radius 1 is 1.43 bits per heavy atom. The van der Waals surface area contributed by atoms with Gasteiger partial charge in [-0.05, 0) is 24.6 Å². The van der Waals surface area contributed by atoms with E-state index in [0.717, 1.165) is 5.56 Å². The Hall–Kier alpha value is -1.32. The average Bonchev–Trinajstić information content (AvgIpc) is 2.15. The predicted molar refractivity (Wildman–Crippen MR) is 52.2 cm³/mol. The van der Waals surface area contributed by atoms with Crippen LogP contribution in [0.5, 0.6) is 5.75 Å². The largest absolute Gasteiger partial charge is 0.495 e. The van der Waals surface area contributed by atoms with E-state index in [-0.39, 0.29) is 6.54 Å². The first-order valence-corrected chi connectivity index (χ1v) is 4.30. The fourth-order valence-electron chi connectivity index (χ4n) is 1.15. The Kier molecular flexibility index (Phi) is 3.68. The number of anilines is 1. The molecule has 0 aromatic heterocycles. The summed E-state index contributed by atoms with van der Waals surface area (Å²) in [6.45, 7) is 1.53. The summed E-state index contributed by atoms with van der Waals surface area (Å²) in [4.78, 5) is 0. The number of rotatable bonds is 4. The number of hydrogen-bond acceptors (Lipinski definition) is 2. The van der Waals surface area contributed by atoms with Crippen molar-refractivity contribution in [3.63, 3.8) is 0 Å². The number of halogens is 2. The molecule has 1 rings (SSSR count). The molecule has 1 aromatic rings. The van der Waals surface area contributed by atoms with Crippen LogP contribution < -0.4 is 10.1 Å². The molecule has 2 nitrogen and oxygen atoms in total. The molecule has 0 amide bonds. The van der Waals surface area contributed by atoms with Crippen LogP contribution in [0, 0.1) is 6.92 Å². The minimum absolute atomic E-state index is 0.361. The van der Waals surface area contributed by atoms with Gasteiger partial charge in [0.15, 0.2) is 0 Å². The Bertz CT molecular complexity index is 302. The molecule has 0 atom stereocenters. The second-order valence-corrected chi connectivity index (χ2v) is 2.98. The van der Waals surface area contributed by atoms with Gasteiger partial charge in [0.05, 0.1) is 19.3 Å². The van der Waals surface area contributed by atoms with E-state index in [4.69, 9.17) is 4.74 Å². The van der Waals surface area contributed by atoms with Gasteiger partial charge in [-0.3, -0.25) is 0 Å². The summed E-state index contributed by atoms with van der Waals surface area (Å²) in [7, 11) is 1.51. The van der Waals surface area contributed by atoms with Crippen molar-refractivity contribution in [2.45, 2.75) is 13.3 Å². The van der Waals surface area contributed by atoms with Crippen LogP contribution in [0.1, 0.15) is 5.56 Å². The SMILES string of the molecule is COc1ccc(C)cc1NCC(F)F. The third kappa shape index (κ3) is 2.87. The molecule has 0 aliphatic heterocycles. The van der Waals surface area contributed by atoms with E-state index in [0.29, 0.717) is 11.4 Å². The van der Waals surface area contributed by atoms with Crippen molar-refractivity contribution in [1.29, 1.82) is 0 Å². The molecular weight excluding hydrogens is 188 g/mol. The quantitative estimate of drug-likeness (QED) is 0.808. The molecule has 14 heavy (non-hydrogen) atoms. The second-order valence-electron chi connectivity index (χ2n) is 2.98. The Morgan fingerprint density at radius 3 is 2.71 bits per heavy atom. The second kappa shape index (κ2) is 4.79. The van der Waals surface area contributed by atoms with Gasteiger partial charge in [0.1, 0.15) is 5.75 Å². The molecule has 1 aromatic carbocycles. The lowest BCUT2D eigenvalue weighted by molar-refractivity contribution is 0.163. The summed E-state index contributed by atoms with van der Waals surface area (Å²) >= 11 is 0. The molecule has 4 heteroatoms. The van der Waals surface area contributed by atoms with Gasteiger partial charge in [0, 0.05) is 0 Å². The Labute approximate surface area is 81.9 Å². The lowest BCUT2D eigenvalue weighted by Crippen LogP contribution is -2.11. The van der Waals surface area contributed by atoms with Crippen molar-refractivity contribution < 1.29 is 13.5 Å². The molecule has 0 aliphatic rings. The van der Waals surface area contributed by atoms with Crippen LogP contribution in [0.2, 0.25) is 0 Å². The molecule has 78 valence electrons. The van der Waals surface area contributed by atoms with Gasteiger partial charge >= 0.3 is 0 Å². The van der Waals surface area contributed by atoms with Crippen LogP contribution in [0.4, 0.5) is 14.5 Å². The van der Waals surface area contributed by atoms with Crippen molar-refractivity contribution in [2.75, 3.05) is 19.0 Å². The number of ether oxygens (including phenoxy) is 1. The summed E-state index contributed by atoms with van der Waals surface area (Å²) < 4.78 is 28.9. The third-order valence-electron chi connectivity index (χ3n) is 1.80. The van der Waals surface area contributed by atoms with Gasteiger partial charge in [0.25, 0.3) is 6.43 Å². The summed E-state index contributed by atoms with van der Waals surface area (Å²) in [5, 5.41) is 2.63. The van der Waals surface area contributed by atoms with Crippen LogP contribution in [-0.2, 0) is 0 Å². The molecule has 0 saturated heterocycles. The molecule has 0 saturated carbocycles. The Morgan fingerprint density at radius 2 is 2.14 bits per heavy atom. The van der Waals surface area contributed by atoms with Gasteiger partial charge in [-0.2, -0.15) is 0 Å². The fourth-order valence-corrected chi connectivity index (χ4v) is 1.15. The number of nitrogens with one attached hydrogen (secondary N) is 1. The number of aryl methyl sites for hydroxylation is 1. The Balaban J connectivity index is 2.77. The zero-order valence-corrected chi connectivity index (χ0v) is 8.18. The number of benzene rings is 1. The van der Waals surface area contributed by atoms with E-state index in [1.165, 1.54) is 7.11 Å². The summed E-state index contributed by atoms with van der Waals surface area (Å²) in [5.41, 5.74) is 1.61. The number of alkyl halides is 2. The average molecular weight is 201 g/mol. The molecular formula is C10H13F2NO. The molecule has 0 bridgehead atoms. The summed E-state index contributed by atoms with van der Waals surface area (Å²) in [6.07, 6.45) is -2.36. The minimum Gasteiger partial charge on any atom is -0.495 e. The van der Waals surface area contributed by atoms with E-state index in [1.54, 1.807) is 12.1 Å². The van der Waals surface area contributed by atoms with Crippen molar-refractivity contribution in [3.8, 4) is 5.75 Å².